The number of nitrogens with zero attached hydrogens (tertiary/aromatic N) is 2. The van der Waals surface area contributed by atoms with E-state index in [-0.39, 0.29) is 35.4 Å². The van der Waals surface area contributed by atoms with Gasteiger partial charge in [0.2, 0.25) is 10.0 Å². The molecule has 1 saturated heterocycles. The molecule has 1 aromatic carbocycles. The van der Waals surface area contributed by atoms with Gasteiger partial charge >= 0.3 is 6.18 Å². The van der Waals surface area contributed by atoms with Gasteiger partial charge in [0.1, 0.15) is 0 Å². The van der Waals surface area contributed by atoms with E-state index in [0.29, 0.717) is 12.6 Å². The van der Waals surface area contributed by atoms with Gasteiger partial charge in [-0.1, -0.05) is 12.1 Å². The Labute approximate surface area is 186 Å². The van der Waals surface area contributed by atoms with Crippen LogP contribution in [0, 0.1) is 5.92 Å². The maximum absolute atomic E-state index is 13.3. The molecule has 32 heavy (non-hydrogen) atoms. The number of pyridine rings is 1. The molecule has 5 nitrogen and oxygen atoms in total. The van der Waals surface area contributed by atoms with Gasteiger partial charge in [-0.2, -0.15) is 17.5 Å². The van der Waals surface area contributed by atoms with Gasteiger partial charge in [0.05, 0.1) is 10.5 Å². The molecule has 0 saturated carbocycles. The molecule has 5 rings (SSSR count). The number of rotatable bonds is 3. The van der Waals surface area contributed by atoms with Crippen LogP contribution in [0.5, 0.6) is 0 Å². The van der Waals surface area contributed by atoms with E-state index in [2.05, 4.69) is 0 Å². The second-order valence-electron chi connectivity index (χ2n) is 8.20. The van der Waals surface area contributed by atoms with Gasteiger partial charge in [-0.15, -0.1) is 11.3 Å². The van der Waals surface area contributed by atoms with E-state index in [0.717, 1.165) is 34.7 Å². The summed E-state index contributed by atoms with van der Waals surface area (Å²) in [6.07, 6.45) is -3.89. The Morgan fingerprint density at radius 2 is 1.81 bits per heavy atom. The van der Waals surface area contributed by atoms with Crippen LogP contribution in [0.15, 0.2) is 63.6 Å². The fourth-order valence-corrected chi connectivity index (χ4v) is 7.16. The van der Waals surface area contributed by atoms with Crippen molar-refractivity contribution in [2.24, 2.45) is 5.92 Å². The van der Waals surface area contributed by atoms with Crippen LogP contribution in [0.1, 0.15) is 23.6 Å². The first-order chi connectivity index (χ1) is 15.1. The molecule has 2 unspecified atom stereocenters. The third-order valence-electron chi connectivity index (χ3n) is 6.14. The lowest BCUT2D eigenvalue weighted by atomic mass is 9.82. The fourth-order valence-electron chi connectivity index (χ4n) is 4.79. The standard InChI is InChI=1S/C22H19F3N2O3S2/c23-22(24,25)16-3-1-4-17(10-16)32(29,30)26-11-14-9-15(13-26)21-18(19-5-2-8-31-19)6-7-20(28)27(21)12-14/h1-8,10,14-15H,9,11-13H2. The Hall–Kier alpha value is -2.43. The highest BCUT2D eigenvalue weighted by Crippen LogP contribution is 2.42. The third kappa shape index (κ3) is 3.60. The molecule has 2 atom stereocenters. The lowest BCUT2D eigenvalue weighted by Crippen LogP contribution is -2.49. The molecule has 0 aliphatic carbocycles. The number of hydrogen-bond acceptors (Lipinski definition) is 4. The Morgan fingerprint density at radius 3 is 2.53 bits per heavy atom. The zero-order valence-electron chi connectivity index (χ0n) is 16.7. The average molecular weight is 481 g/mol. The van der Waals surface area contributed by atoms with Crippen molar-refractivity contribution in [3.63, 3.8) is 0 Å². The van der Waals surface area contributed by atoms with Crippen LogP contribution < -0.4 is 5.56 Å². The summed E-state index contributed by atoms with van der Waals surface area (Å²) in [4.78, 5) is 13.2. The number of sulfonamides is 1. The summed E-state index contributed by atoms with van der Waals surface area (Å²) in [5.74, 6) is -0.299. The predicted molar refractivity (Wildman–Crippen MR) is 115 cm³/mol. The van der Waals surface area contributed by atoms with Crippen molar-refractivity contribution in [1.29, 1.82) is 0 Å². The molecule has 0 amide bonds. The maximum atomic E-state index is 13.3. The van der Waals surface area contributed by atoms with Crippen LogP contribution in [0.25, 0.3) is 10.4 Å². The Kier molecular flexibility index (Phi) is 5.06. The molecule has 3 aromatic rings. The predicted octanol–water partition coefficient (Wildman–Crippen LogP) is 4.40. The molecule has 0 N–H and O–H groups in total. The molecule has 2 aliphatic rings. The molecule has 1 fully saturated rings. The maximum Gasteiger partial charge on any atom is 0.416 e. The van der Waals surface area contributed by atoms with Crippen LogP contribution in [-0.4, -0.2) is 30.4 Å². The van der Waals surface area contributed by atoms with Gasteiger partial charge in [0.25, 0.3) is 5.56 Å². The van der Waals surface area contributed by atoms with Gasteiger partial charge in [-0.05, 0) is 48.1 Å². The molecule has 2 aliphatic heterocycles. The highest BCUT2D eigenvalue weighted by Gasteiger charge is 2.41. The molecule has 2 bridgehead atoms. The van der Waals surface area contributed by atoms with E-state index in [1.165, 1.54) is 27.8 Å². The molecule has 0 spiro atoms. The van der Waals surface area contributed by atoms with Crippen molar-refractivity contribution in [3.05, 3.63) is 75.5 Å². The number of hydrogen-bond donors (Lipinski definition) is 0. The number of benzene rings is 1. The van der Waals surface area contributed by atoms with E-state index in [4.69, 9.17) is 0 Å². The highest BCUT2D eigenvalue weighted by molar-refractivity contribution is 7.89. The normalized spacial score (nSPS) is 21.3. The SMILES string of the molecule is O=c1ccc(-c2cccs2)c2n1CC1CC2CN(S(=O)(=O)c2cccc(C(F)(F)F)c2)C1. The number of halogens is 3. The Bertz CT molecular complexity index is 1330. The minimum Gasteiger partial charge on any atom is -0.311 e. The first-order valence-electron chi connectivity index (χ1n) is 10.1. The second kappa shape index (κ2) is 7.57. The summed E-state index contributed by atoms with van der Waals surface area (Å²) >= 11 is 1.54. The van der Waals surface area contributed by atoms with Gasteiger partial charge in [0.15, 0.2) is 0 Å². The van der Waals surface area contributed by atoms with E-state index >= 15 is 0 Å². The van der Waals surface area contributed by atoms with Crippen LogP contribution in [0.3, 0.4) is 0 Å². The monoisotopic (exact) mass is 480 g/mol. The molecular formula is C22H19F3N2O3S2. The molecule has 2 aromatic heterocycles. The largest absolute Gasteiger partial charge is 0.416 e. The van der Waals surface area contributed by atoms with Crippen molar-refractivity contribution in [2.45, 2.75) is 30.0 Å². The number of aromatic nitrogens is 1. The number of piperidine rings is 1. The summed E-state index contributed by atoms with van der Waals surface area (Å²) < 4.78 is 69.0. The molecule has 0 radical (unpaired) electrons. The number of fused-ring (bicyclic) bond motifs is 4. The molecule has 4 heterocycles. The van der Waals surface area contributed by atoms with Crippen molar-refractivity contribution >= 4 is 21.4 Å². The summed E-state index contributed by atoms with van der Waals surface area (Å²) in [5.41, 5.74) is 0.596. The van der Waals surface area contributed by atoms with Crippen molar-refractivity contribution in [1.82, 2.24) is 8.87 Å². The third-order valence-corrected chi connectivity index (χ3v) is 8.87. The topological polar surface area (TPSA) is 59.4 Å². The van der Waals surface area contributed by atoms with Crippen LogP contribution in [0.2, 0.25) is 0 Å². The quantitative estimate of drug-likeness (QED) is 0.558. The number of thiophene rings is 1. The molecule has 168 valence electrons. The minimum atomic E-state index is -4.63. The van der Waals surface area contributed by atoms with E-state index in [1.807, 2.05) is 17.5 Å². The van der Waals surface area contributed by atoms with Crippen LogP contribution >= 0.6 is 11.3 Å². The molecular weight excluding hydrogens is 461 g/mol. The minimum absolute atomic E-state index is 0.0851. The van der Waals surface area contributed by atoms with E-state index in [1.54, 1.807) is 10.6 Å². The first-order valence-corrected chi connectivity index (χ1v) is 12.4. The van der Waals surface area contributed by atoms with Crippen molar-refractivity contribution in [2.75, 3.05) is 13.1 Å². The summed E-state index contributed by atoms with van der Waals surface area (Å²) in [6.45, 7) is 0.680. The van der Waals surface area contributed by atoms with Gasteiger partial charge in [-0.25, -0.2) is 8.42 Å². The summed E-state index contributed by atoms with van der Waals surface area (Å²) in [6, 6.07) is 11.1. The zero-order valence-corrected chi connectivity index (χ0v) is 18.4. The first kappa shape index (κ1) is 21.4. The highest BCUT2D eigenvalue weighted by atomic mass is 32.2. The lowest BCUT2D eigenvalue weighted by Gasteiger charge is -2.42. The lowest BCUT2D eigenvalue weighted by molar-refractivity contribution is -0.137. The summed E-state index contributed by atoms with van der Waals surface area (Å²) in [5, 5.41) is 1.94. The molecule has 10 heteroatoms. The van der Waals surface area contributed by atoms with Crippen LogP contribution in [0.4, 0.5) is 13.2 Å². The van der Waals surface area contributed by atoms with E-state index < -0.39 is 21.8 Å². The number of alkyl halides is 3. The Morgan fingerprint density at radius 1 is 1.00 bits per heavy atom. The van der Waals surface area contributed by atoms with Crippen molar-refractivity contribution in [3.8, 4) is 10.4 Å². The zero-order chi connectivity index (χ0) is 22.7. The van der Waals surface area contributed by atoms with Crippen molar-refractivity contribution < 1.29 is 21.6 Å². The van der Waals surface area contributed by atoms with E-state index in [9.17, 15) is 26.4 Å². The second-order valence-corrected chi connectivity index (χ2v) is 11.1. The fraction of sp³-hybridized carbons (Fsp3) is 0.318. The van der Waals surface area contributed by atoms with Gasteiger partial charge in [-0.3, -0.25) is 4.79 Å². The van der Waals surface area contributed by atoms with Crippen LogP contribution in [-0.2, 0) is 22.7 Å². The average Bonchev–Trinajstić information content (AvgIpc) is 3.28. The Balaban J connectivity index is 1.54. The smallest absolute Gasteiger partial charge is 0.311 e. The summed E-state index contributed by atoms with van der Waals surface area (Å²) in [7, 11) is -4.12. The van der Waals surface area contributed by atoms with Gasteiger partial charge < -0.3 is 4.57 Å². The van der Waals surface area contributed by atoms with Gasteiger partial charge in [0, 0.05) is 47.8 Å².